The summed E-state index contributed by atoms with van der Waals surface area (Å²) in [5, 5.41) is 15.8. The molecule has 0 atom stereocenters. The van der Waals surface area contributed by atoms with Crippen LogP contribution in [-0.2, 0) is 11.3 Å². The van der Waals surface area contributed by atoms with Crippen LogP contribution in [0.2, 0.25) is 0 Å². The number of amides is 2. The molecule has 0 bridgehead atoms. The van der Waals surface area contributed by atoms with E-state index in [1.807, 2.05) is 48.0 Å². The molecule has 0 saturated heterocycles. The van der Waals surface area contributed by atoms with Crippen LogP contribution in [0.1, 0.15) is 31.2 Å². The van der Waals surface area contributed by atoms with Crippen LogP contribution in [-0.4, -0.2) is 54.6 Å². The van der Waals surface area contributed by atoms with Gasteiger partial charge in [0.2, 0.25) is 0 Å². The molecular formula is C28H26N4O4Se. The summed E-state index contributed by atoms with van der Waals surface area (Å²) in [4.78, 5) is 29.6. The summed E-state index contributed by atoms with van der Waals surface area (Å²) in [5.41, 5.74) is 4.59. The van der Waals surface area contributed by atoms with Gasteiger partial charge in [-0.2, -0.15) is 0 Å². The Labute approximate surface area is 220 Å². The average molecular weight is 562 g/mol. The number of aryl methyl sites for hydroxylation is 2. The Kier molecular flexibility index (Phi) is 6.99. The number of phenolic OH excluding ortho intramolecular Hbond substituents is 1. The summed E-state index contributed by atoms with van der Waals surface area (Å²) in [7, 11) is 1.51. The zero-order chi connectivity index (χ0) is 25.9. The first-order valence-corrected chi connectivity index (χ1v) is 13.5. The van der Waals surface area contributed by atoms with Gasteiger partial charge in [-0.1, -0.05) is 0 Å². The number of rotatable bonds is 8. The number of hydrogen-bond acceptors (Lipinski definition) is 5. The van der Waals surface area contributed by atoms with Crippen LogP contribution in [0.15, 0.2) is 61.2 Å². The predicted molar refractivity (Wildman–Crippen MR) is 144 cm³/mol. The second-order valence-corrected chi connectivity index (χ2v) is 11.4. The molecule has 2 aromatic carbocycles. The molecule has 4 aromatic rings. The number of carbonyl (C=O) groups excluding carboxylic acids is 2. The Morgan fingerprint density at radius 3 is 2.81 bits per heavy atom. The molecule has 188 valence electrons. The molecule has 3 N–H and O–H groups in total. The fraction of sp³-hybridized carbons (Fsp3) is 0.179. The molecule has 0 saturated carbocycles. The van der Waals surface area contributed by atoms with Gasteiger partial charge in [0.15, 0.2) is 0 Å². The second kappa shape index (κ2) is 10.5. The molecule has 37 heavy (non-hydrogen) atoms. The predicted octanol–water partition coefficient (Wildman–Crippen LogP) is 3.94. The van der Waals surface area contributed by atoms with E-state index in [4.69, 9.17) is 4.74 Å². The van der Waals surface area contributed by atoms with E-state index in [9.17, 15) is 14.7 Å². The number of ether oxygens (including phenoxy) is 1. The van der Waals surface area contributed by atoms with Gasteiger partial charge >= 0.3 is 221 Å². The van der Waals surface area contributed by atoms with Crippen molar-refractivity contribution in [3.8, 4) is 22.6 Å². The fourth-order valence-corrected chi connectivity index (χ4v) is 6.33. The molecule has 0 fully saturated rings. The van der Waals surface area contributed by atoms with Crippen LogP contribution in [0.25, 0.3) is 22.8 Å². The molecule has 5 rings (SSSR count). The molecule has 2 amide bonds. The van der Waals surface area contributed by atoms with Crippen molar-refractivity contribution >= 4 is 43.7 Å². The Bertz CT molecular complexity index is 1500. The van der Waals surface area contributed by atoms with Crippen molar-refractivity contribution in [2.45, 2.75) is 19.9 Å². The van der Waals surface area contributed by atoms with Crippen LogP contribution in [0.4, 0.5) is 5.69 Å². The first kappa shape index (κ1) is 24.6. The summed E-state index contributed by atoms with van der Waals surface area (Å²) < 4.78 is 9.22. The van der Waals surface area contributed by atoms with Crippen molar-refractivity contribution in [3.63, 3.8) is 0 Å². The van der Waals surface area contributed by atoms with Crippen LogP contribution in [0, 0.1) is 6.92 Å². The first-order chi connectivity index (χ1) is 17.9. The number of anilines is 1. The average Bonchev–Trinajstić information content (AvgIpc) is 3.61. The van der Waals surface area contributed by atoms with Crippen LogP contribution in [0.3, 0.4) is 0 Å². The van der Waals surface area contributed by atoms with Crippen molar-refractivity contribution < 1.29 is 19.4 Å². The number of aromatic hydroxyl groups is 1. The maximum absolute atomic E-state index is 12.8. The van der Waals surface area contributed by atoms with Gasteiger partial charge in [-0.25, -0.2) is 0 Å². The van der Waals surface area contributed by atoms with E-state index in [2.05, 4.69) is 15.6 Å². The quantitative estimate of drug-likeness (QED) is 0.172. The molecule has 0 aliphatic carbocycles. The number of fused-ring (bicyclic) bond motifs is 1. The van der Waals surface area contributed by atoms with Gasteiger partial charge in [-0.05, 0) is 0 Å². The fourth-order valence-electron chi connectivity index (χ4n) is 4.30. The molecule has 0 spiro atoms. The van der Waals surface area contributed by atoms with Gasteiger partial charge in [0, 0.05) is 0 Å². The van der Waals surface area contributed by atoms with Gasteiger partial charge < -0.3 is 0 Å². The summed E-state index contributed by atoms with van der Waals surface area (Å²) in [6.07, 6.45) is 8.12. The van der Waals surface area contributed by atoms with Crippen LogP contribution >= 0.6 is 0 Å². The van der Waals surface area contributed by atoms with Gasteiger partial charge in [0.25, 0.3) is 0 Å². The zero-order valence-corrected chi connectivity index (χ0v) is 22.2. The number of hydrogen-bond donors (Lipinski definition) is 3. The van der Waals surface area contributed by atoms with Crippen molar-refractivity contribution in [1.29, 1.82) is 0 Å². The van der Waals surface area contributed by atoms with Gasteiger partial charge in [-0.15, -0.1) is 0 Å². The zero-order valence-electron chi connectivity index (χ0n) is 20.4. The number of methoxy groups -OCH3 is 1. The third kappa shape index (κ3) is 5.23. The second-order valence-electron chi connectivity index (χ2n) is 8.69. The Morgan fingerprint density at radius 1 is 1.22 bits per heavy atom. The van der Waals surface area contributed by atoms with Gasteiger partial charge in [-0.3, -0.25) is 0 Å². The molecule has 3 heterocycles. The molecule has 0 unspecified atom stereocenters. The van der Waals surface area contributed by atoms with Gasteiger partial charge in [0.05, 0.1) is 0 Å². The number of imidazole rings is 1. The third-order valence-corrected chi connectivity index (χ3v) is 8.31. The first-order valence-electron chi connectivity index (χ1n) is 11.8. The normalized spacial score (nSPS) is 13.5. The molecule has 1 aliphatic rings. The Balaban J connectivity index is 1.31. The summed E-state index contributed by atoms with van der Waals surface area (Å²) in [6.45, 7) is 3.35. The monoisotopic (exact) mass is 562 g/mol. The third-order valence-electron chi connectivity index (χ3n) is 6.22. The summed E-state index contributed by atoms with van der Waals surface area (Å²) in [5.74, 6) is 0.217. The molecule has 1 aliphatic heterocycles. The van der Waals surface area contributed by atoms with Crippen LogP contribution in [0.5, 0.6) is 11.5 Å². The number of carbonyl (C=O) groups is 2. The minimum absolute atomic E-state index is 0.0257. The Morgan fingerprint density at radius 2 is 2.03 bits per heavy atom. The van der Waals surface area contributed by atoms with E-state index >= 15 is 0 Å². The number of nitrogens with one attached hydrogen (secondary N) is 2. The van der Waals surface area contributed by atoms with E-state index in [1.54, 1.807) is 30.7 Å². The van der Waals surface area contributed by atoms with Crippen molar-refractivity contribution in [2.24, 2.45) is 0 Å². The summed E-state index contributed by atoms with van der Waals surface area (Å²) >= 11 is -0.0257. The minimum atomic E-state index is -0.165. The van der Waals surface area contributed by atoms with Crippen LogP contribution < -0.4 is 15.4 Å². The van der Waals surface area contributed by atoms with E-state index in [1.165, 1.54) is 7.11 Å². The SMILES string of the molecule is COc1cc(-c2ccc3c(c2)NC(=O)C3=Cc2cc(C(=O)NCCCn3ccnc3)c(C)[se]2)ccc1O. The number of nitrogens with zero attached hydrogens (tertiary/aromatic N) is 2. The van der Waals surface area contributed by atoms with E-state index < -0.39 is 0 Å². The van der Waals surface area contributed by atoms with E-state index in [0.29, 0.717) is 23.4 Å². The van der Waals surface area contributed by atoms with E-state index in [0.717, 1.165) is 44.2 Å². The van der Waals surface area contributed by atoms with Crippen molar-refractivity contribution in [1.82, 2.24) is 14.9 Å². The van der Waals surface area contributed by atoms with E-state index in [-0.39, 0.29) is 32.1 Å². The molecule has 8 nitrogen and oxygen atoms in total. The topological polar surface area (TPSA) is 105 Å². The standard InChI is InChI=1S/C28H26N4O4Se/c1-17-22(27(34)30-8-3-10-32-11-9-29-16-32)14-20(37-17)15-23-21-6-4-18(12-24(21)31-28(23)35)19-5-7-25(33)26(13-19)36-2/h4-7,9,11-16,33H,3,8,10H2,1-2H3,(H,30,34)(H,31,35). The number of benzene rings is 2. The molecular weight excluding hydrogens is 535 g/mol. The van der Waals surface area contributed by atoms with Gasteiger partial charge in [0.1, 0.15) is 0 Å². The molecule has 2 aromatic heterocycles. The number of aromatic nitrogens is 2. The number of phenols is 1. The van der Waals surface area contributed by atoms with Crippen molar-refractivity contribution in [2.75, 3.05) is 19.0 Å². The molecule has 9 heteroatoms. The maximum atomic E-state index is 12.8. The Hall–Kier alpha value is -4.07. The summed E-state index contributed by atoms with van der Waals surface area (Å²) in [6, 6.07) is 12.8. The van der Waals surface area contributed by atoms with Crippen molar-refractivity contribution in [3.05, 3.63) is 81.2 Å². The molecule has 0 radical (unpaired) electrons.